The van der Waals surface area contributed by atoms with E-state index in [1.54, 1.807) is 0 Å². The molecule has 1 aliphatic rings. The molecule has 258 valence electrons. The summed E-state index contributed by atoms with van der Waals surface area (Å²) in [7, 11) is 0. The van der Waals surface area contributed by atoms with Crippen LogP contribution < -0.4 is 16.8 Å². The minimum absolute atomic E-state index is 0.0148. The number of unbranched alkanes of at least 4 members (excludes halogenated alkanes) is 4. The van der Waals surface area contributed by atoms with E-state index < -0.39 is 36.7 Å². The Kier molecular flexibility index (Phi) is 17.2. The Morgan fingerprint density at radius 3 is 2.41 bits per heavy atom. The molecule has 0 radical (unpaired) electrons. The van der Waals surface area contributed by atoms with E-state index in [1.807, 2.05) is 37.3 Å². The molecule has 10 nitrogen and oxygen atoms in total. The first-order valence-corrected chi connectivity index (χ1v) is 17.2. The number of nitrogens with one attached hydrogen (secondary N) is 1. The second-order valence-corrected chi connectivity index (χ2v) is 12.5. The molecule has 8 N–H and O–H groups in total. The van der Waals surface area contributed by atoms with Crippen molar-refractivity contribution < 1.29 is 29.6 Å². The molecule has 1 fully saturated rings. The van der Waals surface area contributed by atoms with Gasteiger partial charge >= 0.3 is 0 Å². The Morgan fingerprint density at radius 1 is 1.02 bits per heavy atom. The summed E-state index contributed by atoms with van der Waals surface area (Å²) >= 11 is 0. The van der Waals surface area contributed by atoms with Crippen LogP contribution in [0.2, 0.25) is 0 Å². The monoisotopic (exact) mass is 642 g/mol. The van der Waals surface area contributed by atoms with Crippen molar-refractivity contribution in [3.8, 4) is 0 Å². The predicted octanol–water partition coefficient (Wildman–Crippen LogP) is 3.33. The zero-order chi connectivity index (χ0) is 33.3. The van der Waals surface area contributed by atoms with E-state index in [9.17, 15) is 20.1 Å². The highest BCUT2D eigenvalue weighted by atomic mass is 16.7. The van der Waals surface area contributed by atoms with Gasteiger partial charge in [-0.3, -0.25) is 9.69 Å². The van der Waals surface area contributed by atoms with Gasteiger partial charge in [-0.2, -0.15) is 0 Å². The molecular weight excluding hydrogens is 584 g/mol. The average Bonchev–Trinajstić information content (AvgIpc) is 3.07. The van der Waals surface area contributed by atoms with Crippen LogP contribution in [0.5, 0.6) is 0 Å². The number of nitrogens with zero attached hydrogens (tertiary/aromatic N) is 1. The zero-order valence-electron chi connectivity index (χ0n) is 27.8. The maximum atomic E-state index is 11.9. The molecule has 2 aromatic rings. The van der Waals surface area contributed by atoms with E-state index in [1.165, 1.54) is 5.56 Å². The number of rotatable bonds is 22. The lowest BCUT2D eigenvalue weighted by Gasteiger charge is -2.40. The van der Waals surface area contributed by atoms with Crippen molar-refractivity contribution in [1.29, 1.82) is 0 Å². The fourth-order valence-electron chi connectivity index (χ4n) is 6.11. The van der Waals surface area contributed by atoms with Gasteiger partial charge in [-0.1, -0.05) is 87.7 Å². The minimum Gasteiger partial charge on any atom is -0.389 e. The fourth-order valence-corrected chi connectivity index (χ4v) is 6.11. The molecule has 1 saturated heterocycles. The van der Waals surface area contributed by atoms with Crippen LogP contribution in [-0.2, 0) is 20.7 Å². The summed E-state index contributed by atoms with van der Waals surface area (Å²) in [5.41, 5.74) is 14.4. The number of aliphatic hydroxyl groups is 3. The highest BCUT2D eigenvalue weighted by Gasteiger charge is 2.40. The van der Waals surface area contributed by atoms with Crippen molar-refractivity contribution in [3.63, 3.8) is 0 Å². The van der Waals surface area contributed by atoms with Crippen LogP contribution in [0.3, 0.4) is 0 Å². The molecule has 3 rings (SSSR count). The third kappa shape index (κ3) is 12.0. The highest BCUT2D eigenvalue weighted by Crippen LogP contribution is 2.31. The number of aliphatic hydroxyl groups excluding tert-OH is 3. The van der Waals surface area contributed by atoms with Gasteiger partial charge in [0.1, 0.15) is 18.3 Å². The summed E-state index contributed by atoms with van der Waals surface area (Å²) in [6.07, 6.45) is 3.05. The summed E-state index contributed by atoms with van der Waals surface area (Å²) < 4.78 is 11.7. The van der Waals surface area contributed by atoms with Crippen molar-refractivity contribution in [2.75, 3.05) is 32.8 Å². The second-order valence-electron chi connectivity index (χ2n) is 12.5. The summed E-state index contributed by atoms with van der Waals surface area (Å²) in [5.74, 6) is -0.375. The van der Waals surface area contributed by atoms with Gasteiger partial charge in [-0.15, -0.1) is 0 Å². The van der Waals surface area contributed by atoms with E-state index in [-0.39, 0.29) is 25.1 Å². The summed E-state index contributed by atoms with van der Waals surface area (Å²) in [6, 6.07) is 17.4. The van der Waals surface area contributed by atoms with Crippen molar-refractivity contribution in [2.24, 2.45) is 11.5 Å². The van der Waals surface area contributed by atoms with E-state index in [0.29, 0.717) is 32.5 Å². The van der Waals surface area contributed by atoms with E-state index >= 15 is 0 Å². The van der Waals surface area contributed by atoms with Crippen LogP contribution in [0.15, 0.2) is 54.6 Å². The minimum atomic E-state index is -1.34. The topological polar surface area (TPSA) is 164 Å². The second kappa shape index (κ2) is 20.7. The lowest BCUT2D eigenvalue weighted by atomic mass is 9.96. The maximum Gasteiger partial charge on any atom is 0.234 e. The fraction of sp³-hybridized carbons (Fsp3) is 0.639. The summed E-state index contributed by atoms with van der Waals surface area (Å²) in [5, 5.41) is 36.9. The van der Waals surface area contributed by atoms with Gasteiger partial charge in [-0.25, -0.2) is 0 Å². The largest absolute Gasteiger partial charge is 0.389 e. The van der Waals surface area contributed by atoms with Crippen molar-refractivity contribution in [3.05, 3.63) is 71.3 Å². The molecule has 46 heavy (non-hydrogen) atoms. The van der Waals surface area contributed by atoms with Crippen LogP contribution in [0.1, 0.15) is 94.2 Å². The first-order valence-electron chi connectivity index (χ1n) is 17.2. The number of primary amides is 1. The Bertz CT molecular complexity index is 1110. The molecule has 1 amide bonds. The van der Waals surface area contributed by atoms with E-state index in [0.717, 1.165) is 56.1 Å². The molecule has 7 atom stereocenters. The normalized spacial score (nSPS) is 21.2. The van der Waals surface area contributed by atoms with Crippen molar-refractivity contribution >= 4 is 5.91 Å². The zero-order valence-corrected chi connectivity index (χ0v) is 27.8. The third-order valence-electron chi connectivity index (χ3n) is 8.89. The number of nitrogens with two attached hydrogens (primary N) is 2. The number of ether oxygens (including phenoxy) is 2. The van der Waals surface area contributed by atoms with E-state index in [4.69, 9.17) is 20.9 Å². The number of amides is 1. The Hall–Kier alpha value is -2.41. The molecule has 0 saturated carbocycles. The number of aryl methyl sites for hydroxylation is 1. The number of carbonyl (C=O) groups excluding carboxylic acids is 1. The third-order valence-corrected chi connectivity index (χ3v) is 8.89. The van der Waals surface area contributed by atoms with E-state index in [2.05, 4.69) is 41.4 Å². The van der Waals surface area contributed by atoms with Gasteiger partial charge in [0.15, 0.2) is 6.29 Å². The van der Waals surface area contributed by atoms with Crippen molar-refractivity contribution in [1.82, 2.24) is 10.2 Å². The SMILES string of the molecule is CCCCCCN(C[C@H](O)[C@@H](O)[C@@H]1O[C@H](c2ccccc2)OC[C@H]1O)[C@@H](CCNC(CC)C(N)=O)c1ccc(CCCCN)cc1. The maximum absolute atomic E-state index is 11.9. The molecule has 2 aromatic carbocycles. The average molecular weight is 643 g/mol. The molecule has 1 unspecified atom stereocenters. The van der Waals surface area contributed by atoms with Gasteiger partial charge in [-0.05, 0) is 69.3 Å². The van der Waals surface area contributed by atoms with Gasteiger partial charge in [0.05, 0.1) is 18.8 Å². The number of carbonyl (C=O) groups is 1. The molecule has 0 aromatic heterocycles. The van der Waals surface area contributed by atoms with Crippen LogP contribution >= 0.6 is 0 Å². The number of hydrogen-bond donors (Lipinski definition) is 6. The van der Waals surface area contributed by atoms with Crippen LogP contribution in [0, 0.1) is 0 Å². The van der Waals surface area contributed by atoms with Gasteiger partial charge in [0, 0.05) is 18.2 Å². The molecule has 0 spiro atoms. The first kappa shape index (κ1) is 38.0. The standard InChI is InChI=1S/C36H58N4O6/c1-3-5-6-12-23-40(24-31(41)33(43)34-32(42)25-45-36(46-34)28-14-8-7-9-15-28)30(20-22-39-29(4-2)35(38)44)27-18-16-26(17-19-27)13-10-11-21-37/h7-9,14-19,29-34,36,39,41-43H,3-6,10-13,20-25,37H2,1-2H3,(H2,38,44)/t29?,30-,31-,32+,33+,34+,36+/m0/s1. The lowest BCUT2D eigenvalue weighted by molar-refractivity contribution is -0.283. The van der Waals surface area contributed by atoms with Crippen LogP contribution in [-0.4, -0.2) is 89.4 Å². The van der Waals surface area contributed by atoms with Crippen molar-refractivity contribution in [2.45, 2.75) is 114 Å². The molecule has 0 aliphatic carbocycles. The Labute approximate surface area is 275 Å². The Balaban J connectivity index is 1.82. The molecule has 1 aliphatic heterocycles. The first-order chi connectivity index (χ1) is 22.3. The number of hydrogen-bond acceptors (Lipinski definition) is 9. The van der Waals surface area contributed by atoms with Crippen LogP contribution in [0.25, 0.3) is 0 Å². The summed E-state index contributed by atoms with van der Waals surface area (Å²) in [6.45, 7) is 6.20. The molecule has 1 heterocycles. The molecular formula is C36H58N4O6. The number of benzene rings is 2. The smallest absolute Gasteiger partial charge is 0.234 e. The lowest BCUT2D eigenvalue weighted by Crippen LogP contribution is -2.54. The Morgan fingerprint density at radius 2 is 1.76 bits per heavy atom. The summed E-state index contributed by atoms with van der Waals surface area (Å²) in [4.78, 5) is 14.1. The highest BCUT2D eigenvalue weighted by molar-refractivity contribution is 5.79. The quantitative estimate of drug-likeness (QED) is 0.106. The van der Waals surface area contributed by atoms with Gasteiger partial charge in [0.2, 0.25) is 5.91 Å². The molecule has 10 heteroatoms. The predicted molar refractivity (Wildman–Crippen MR) is 181 cm³/mol. The van der Waals surface area contributed by atoms with Crippen LogP contribution in [0.4, 0.5) is 0 Å². The molecule has 0 bridgehead atoms. The van der Waals surface area contributed by atoms with Gasteiger partial charge < -0.3 is 41.6 Å². The van der Waals surface area contributed by atoms with Gasteiger partial charge in [0.25, 0.3) is 0 Å².